The summed E-state index contributed by atoms with van der Waals surface area (Å²) < 4.78 is 21.5. The molecule has 0 aliphatic carbocycles. The van der Waals surface area contributed by atoms with Crippen LogP contribution in [0.15, 0.2) is 53.1 Å². The van der Waals surface area contributed by atoms with Gasteiger partial charge in [-0.3, -0.25) is 4.79 Å². The highest BCUT2D eigenvalue weighted by atomic mass is 16.5. The van der Waals surface area contributed by atoms with E-state index in [1.807, 2.05) is 49.4 Å². The van der Waals surface area contributed by atoms with Gasteiger partial charge < -0.3 is 18.6 Å². The van der Waals surface area contributed by atoms with Gasteiger partial charge in [0.05, 0.1) is 26.4 Å². The second-order valence-corrected chi connectivity index (χ2v) is 5.54. The molecule has 0 unspecified atom stereocenters. The molecule has 5 heteroatoms. The van der Waals surface area contributed by atoms with Crippen molar-refractivity contribution < 1.29 is 23.4 Å². The van der Waals surface area contributed by atoms with E-state index in [-0.39, 0.29) is 12.4 Å². The molecule has 0 atom stereocenters. The van der Waals surface area contributed by atoms with Crippen LogP contribution in [-0.2, 0) is 22.6 Å². The van der Waals surface area contributed by atoms with Gasteiger partial charge in [0.25, 0.3) is 0 Å². The SMILES string of the molecule is CCOc1ccc(COc2ccc3c(CC(=O)OC)coc3c2)cc1. The zero-order valence-electron chi connectivity index (χ0n) is 14.3. The molecule has 1 heterocycles. The van der Waals surface area contributed by atoms with Gasteiger partial charge in [-0.15, -0.1) is 0 Å². The maximum atomic E-state index is 11.4. The summed E-state index contributed by atoms with van der Waals surface area (Å²) in [4.78, 5) is 11.4. The third kappa shape index (κ3) is 4.12. The van der Waals surface area contributed by atoms with Gasteiger partial charge in [-0.05, 0) is 36.8 Å². The van der Waals surface area contributed by atoms with Crippen LogP contribution in [0.4, 0.5) is 0 Å². The van der Waals surface area contributed by atoms with E-state index in [1.54, 1.807) is 6.26 Å². The normalized spacial score (nSPS) is 10.6. The van der Waals surface area contributed by atoms with Gasteiger partial charge in [0.2, 0.25) is 0 Å². The van der Waals surface area contributed by atoms with Crippen LogP contribution in [0.3, 0.4) is 0 Å². The molecular formula is C20H20O5. The molecule has 0 saturated heterocycles. The fraction of sp³-hybridized carbons (Fsp3) is 0.250. The van der Waals surface area contributed by atoms with Gasteiger partial charge in [0.15, 0.2) is 0 Å². The van der Waals surface area contributed by atoms with E-state index in [0.29, 0.717) is 24.5 Å². The Labute approximate surface area is 146 Å². The second-order valence-electron chi connectivity index (χ2n) is 5.54. The van der Waals surface area contributed by atoms with Crippen molar-refractivity contribution in [1.82, 2.24) is 0 Å². The summed E-state index contributed by atoms with van der Waals surface area (Å²) >= 11 is 0. The number of rotatable bonds is 7. The lowest BCUT2D eigenvalue weighted by Gasteiger charge is -2.08. The molecule has 5 nitrogen and oxygen atoms in total. The molecule has 0 bridgehead atoms. The van der Waals surface area contributed by atoms with Crippen LogP contribution in [0.25, 0.3) is 11.0 Å². The highest BCUT2D eigenvalue weighted by molar-refractivity contribution is 5.86. The number of ether oxygens (including phenoxy) is 3. The molecule has 0 amide bonds. The lowest BCUT2D eigenvalue weighted by Crippen LogP contribution is -2.03. The first-order valence-corrected chi connectivity index (χ1v) is 8.11. The van der Waals surface area contributed by atoms with Crippen LogP contribution in [0.2, 0.25) is 0 Å². The van der Waals surface area contributed by atoms with Crippen molar-refractivity contribution in [2.24, 2.45) is 0 Å². The Kier molecular flexibility index (Phi) is 5.23. The fourth-order valence-electron chi connectivity index (χ4n) is 2.53. The number of carbonyl (C=O) groups excluding carboxylic acids is 1. The number of esters is 1. The smallest absolute Gasteiger partial charge is 0.310 e. The summed E-state index contributed by atoms with van der Waals surface area (Å²) in [6, 6.07) is 13.4. The summed E-state index contributed by atoms with van der Waals surface area (Å²) in [7, 11) is 1.37. The average molecular weight is 340 g/mol. The maximum absolute atomic E-state index is 11.4. The standard InChI is InChI=1S/C20H20O5/c1-3-23-16-6-4-14(5-7-16)12-24-17-8-9-18-15(10-20(21)22-2)13-25-19(18)11-17/h4-9,11,13H,3,10,12H2,1-2H3. The molecule has 0 saturated carbocycles. The molecule has 0 spiro atoms. The zero-order chi connectivity index (χ0) is 17.6. The predicted octanol–water partition coefficient (Wildman–Crippen LogP) is 4.13. The van der Waals surface area contributed by atoms with Crippen molar-refractivity contribution in [3.63, 3.8) is 0 Å². The number of fused-ring (bicyclic) bond motifs is 1. The Bertz CT molecular complexity index is 848. The van der Waals surface area contributed by atoms with E-state index < -0.39 is 0 Å². The molecule has 3 rings (SSSR count). The van der Waals surface area contributed by atoms with E-state index >= 15 is 0 Å². The minimum Gasteiger partial charge on any atom is -0.494 e. The van der Waals surface area contributed by atoms with Gasteiger partial charge in [-0.25, -0.2) is 0 Å². The van der Waals surface area contributed by atoms with E-state index in [1.165, 1.54) is 7.11 Å². The van der Waals surface area contributed by atoms with Gasteiger partial charge in [0, 0.05) is 17.0 Å². The quantitative estimate of drug-likeness (QED) is 0.605. The van der Waals surface area contributed by atoms with Crippen LogP contribution in [0.5, 0.6) is 11.5 Å². The Balaban J connectivity index is 1.67. The van der Waals surface area contributed by atoms with E-state index in [2.05, 4.69) is 0 Å². The number of methoxy groups -OCH3 is 1. The third-order valence-electron chi connectivity index (χ3n) is 3.83. The third-order valence-corrected chi connectivity index (χ3v) is 3.83. The topological polar surface area (TPSA) is 57.9 Å². The maximum Gasteiger partial charge on any atom is 0.310 e. The average Bonchev–Trinajstić information content (AvgIpc) is 3.03. The number of hydrogen-bond donors (Lipinski definition) is 0. The van der Waals surface area contributed by atoms with Crippen LogP contribution < -0.4 is 9.47 Å². The summed E-state index contributed by atoms with van der Waals surface area (Å²) in [6.07, 6.45) is 1.77. The predicted molar refractivity (Wildman–Crippen MR) is 93.9 cm³/mol. The van der Waals surface area contributed by atoms with Crippen molar-refractivity contribution in [3.8, 4) is 11.5 Å². The van der Waals surface area contributed by atoms with Crippen molar-refractivity contribution in [2.75, 3.05) is 13.7 Å². The van der Waals surface area contributed by atoms with Gasteiger partial charge in [-0.2, -0.15) is 0 Å². The van der Waals surface area contributed by atoms with Crippen LogP contribution >= 0.6 is 0 Å². The molecule has 0 aliphatic rings. The summed E-state index contributed by atoms with van der Waals surface area (Å²) in [6.45, 7) is 3.06. The summed E-state index contributed by atoms with van der Waals surface area (Å²) in [5, 5.41) is 0.888. The van der Waals surface area contributed by atoms with E-state index in [4.69, 9.17) is 18.6 Å². The molecule has 0 fully saturated rings. The van der Waals surface area contributed by atoms with Crippen molar-refractivity contribution in [2.45, 2.75) is 20.0 Å². The molecule has 3 aromatic rings. The largest absolute Gasteiger partial charge is 0.494 e. The Hall–Kier alpha value is -2.95. The monoisotopic (exact) mass is 340 g/mol. The first kappa shape index (κ1) is 16.9. The van der Waals surface area contributed by atoms with Crippen molar-refractivity contribution in [3.05, 3.63) is 59.9 Å². The number of hydrogen-bond acceptors (Lipinski definition) is 5. The van der Waals surface area contributed by atoms with Crippen LogP contribution in [-0.4, -0.2) is 19.7 Å². The molecule has 0 aliphatic heterocycles. The lowest BCUT2D eigenvalue weighted by molar-refractivity contribution is -0.139. The second kappa shape index (κ2) is 7.75. The van der Waals surface area contributed by atoms with Crippen LogP contribution in [0.1, 0.15) is 18.1 Å². The highest BCUT2D eigenvalue weighted by Crippen LogP contribution is 2.27. The lowest BCUT2D eigenvalue weighted by atomic mass is 10.1. The molecule has 1 aromatic heterocycles. The number of furan rings is 1. The summed E-state index contributed by atoms with van der Waals surface area (Å²) in [5.41, 5.74) is 2.54. The molecule has 2 aromatic carbocycles. The van der Waals surface area contributed by atoms with Crippen molar-refractivity contribution >= 4 is 16.9 Å². The van der Waals surface area contributed by atoms with E-state index in [0.717, 1.165) is 22.3 Å². The Morgan fingerprint density at radius 1 is 1.04 bits per heavy atom. The number of carbonyl (C=O) groups is 1. The van der Waals surface area contributed by atoms with Gasteiger partial charge in [-0.1, -0.05) is 12.1 Å². The van der Waals surface area contributed by atoms with Gasteiger partial charge >= 0.3 is 5.97 Å². The molecular weight excluding hydrogens is 320 g/mol. The van der Waals surface area contributed by atoms with Crippen LogP contribution in [0, 0.1) is 0 Å². The first-order chi connectivity index (χ1) is 12.2. The first-order valence-electron chi connectivity index (χ1n) is 8.11. The van der Waals surface area contributed by atoms with Gasteiger partial charge in [0.1, 0.15) is 23.7 Å². The number of benzene rings is 2. The Morgan fingerprint density at radius 2 is 1.80 bits per heavy atom. The molecule has 0 radical (unpaired) electrons. The Morgan fingerprint density at radius 3 is 2.52 bits per heavy atom. The minimum atomic E-state index is -0.293. The highest BCUT2D eigenvalue weighted by Gasteiger charge is 2.11. The zero-order valence-corrected chi connectivity index (χ0v) is 14.3. The molecule has 130 valence electrons. The molecule has 25 heavy (non-hydrogen) atoms. The molecule has 0 N–H and O–H groups in total. The summed E-state index contributed by atoms with van der Waals surface area (Å²) in [5.74, 6) is 1.26. The van der Waals surface area contributed by atoms with E-state index in [9.17, 15) is 4.79 Å². The fourth-order valence-corrected chi connectivity index (χ4v) is 2.53. The minimum absolute atomic E-state index is 0.190. The van der Waals surface area contributed by atoms with Crippen molar-refractivity contribution in [1.29, 1.82) is 0 Å².